The van der Waals surface area contributed by atoms with E-state index in [9.17, 15) is 0 Å². The quantitative estimate of drug-likeness (QED) is 0.797. The van der Waals surface area contributed by atoms with Crippen molar-refractivity contribution >= 4 is 11.0 Å². The van der Waals surface area contributed by atoms with Crippen molar-refractivity contribution in [1.82, 2.24) is 14.9 Å². The second-order valence-corrected chi connectivity index (χ2v) is 6.09. The zero-order chi connectivity index (χ0) is 14.8. The Morgan fingerprint density at radius 2 is 1.68 bits per heavy atom. The Kier molecular flexibility index (Phi) is 3.65. The predicted octanol–water partition coefficient (Wildman–Crippen LogP) is 3.70. The van der Waals surface area contributed by atoms with Crippen molar-refractivity contribution in [1.29, 1.82) is 0 Å². The topological polar surface area (TPSA) is 29.9 Å². The van der Waals surface area contributed by atoms with E-state index in [1.165, 1.54) is 23.9 Å². The van der Waals surface area contributed by atoms with Crippen molar-refractivity contribution in [2.24, 2.45) is 5.92 Å². The number of para-hydroxylation sites is 2. The maximum atomic E-state index is 4.90. The van der Waals surface area contributed by atoms with Crippen LogP contribution >= 0.6 is 0 Å². The molecule has 1 N–H and O–H groups in total. The number of piperidine rings is 1. The summed E-state index contributed by atoms with van der Waals surface area (Å²) in [5.74, 6) is 1.83. The van der Waals surface area contributed by atoms with Crippen LogP contribution in [-0.4, -0.2) is 22.6 Å². The molecule has 2 aromatic carbocycles. The zero-order valence-electron chi connectivity index (χ0n) is 12.7. The second kappa shape index (κ2) is 5.93. The third kappa shape index (κ3) is 2.53. The Balaban J connectivity index is 1.79. The number of benzene rings is 2. The summed E-state index contributed by atoms with van der Waals surface area (Å²) in [7, 11) is 0. The molecule has 1 aliphatic rings. The normalized spacial score (nSPS) is 16.2. The summed E-state index contributed by atoms with van der Waals surface area (Å²) in [6, 6.07) is 19.0. The van der Waals surface area contributed by atoms with E-state index in [-0.39, 0.29) is 0 Å². The molecule has 1 fully saturated rings. The number of fused-ring (bicyclic) bond motifs is 1. The number of imidazole rings is 1. The van der Waals surface area contributed by atoms with Crippen LogP contribution < -0.4 is 5.32 Å². The number of nitrogens with zero attached hydrogens (tertiary/aromatic N) is 2. The number of hydrogen-bond donors (Lipinski definition) is 1. The predicted molar refractivity (Wildman–Crippen MR) is 90.8 cm³/mol. The average Bonchev–Trinajstić information content (AvgIpc) is 2.95. The van der Waals surface area contributed by atoms with Crippen molar-refractivity contribution in [3.8, 4) is 11.4 Å². The molecule has 0 bridgehead atoms. The van der Waals surface area contributed by atoms with Gasteiger partial charge in [0.2, 0.25) is 0 Å². The molecule has 3 heteroatoms. The molecule has 1 saturated heterocycles. The summed E-state index contributed by atoms with van der Waals surface area (Å²) in [6.07, 6.45) is 2.50. The van der Waals surface area contributed by atoms with Crippen LogP contribution in [0.3, 0.4) is 0 Å². The van der Waals surface area contributed by atoms with E-state index in [0.29, 0.717) is 0 Å². The molecule has 0 unspecified atom stereocenters. The van der Waals surface area contributed by atoms with Crippen LogP contribution in [0.5, 0.6) is 0 Å². The summed E-state index contributed by atoms with van der Waals surface area (Å²) in [6.45, 7) is 3.34. The Morgan fingerprint density at radius 3 is 2.50 bits per heavy atom. The maximum Gasteiger partial charge on any atom is 0.141 e. The lowest BCUT2D eigenvalue weighted by molar-refractivity contribution is 0.337. The molecule has 22 heavy (non-hydrogen) atoms. The standard InChI is InChI=1S/C19H21N3/c1-2-6-16(7-3-1)19-21-17-8-4-5-9-18(17)22(19)14-15-10-12-20-13-11-15/h1-9,15,20H,10-14H2. The van der Waals surface area contributed by atoms with Gasteiger partial charge in [0.15, 0.2) is 0 Å². The van der Waals surface area contributed by atoms with E-state index in [2.05, 4.69) is 64.5 Å². The van der Waals surface area contributed by atoms with E-state index in [0.717, 1.165) is 36.9 Å². The van der Waals surface area contributed by atoms with Crippen LogP contribution in [0.15, 0.2) is 54.6 Å². The zero-order valence-corrected chi connectivity index (χ0v) is 12.7. The number of rotatable bonds is 3. The fraction of sp³-hybridized carbons (Fsp3) is 0.316. The summed E-state index contributed by atoms with van der Waals surface area (Å²) in [5, 5.41) is 3.45. The Hall–Kier alpha value is -2.13. The van der Waals surface area contributed by atoms with Gasteiger partial charge in [-0.25, -0.2) is 4.98 Å². The molecule has 3 nitrogen and oxygen atoms in total. The fourth-order valence-corrected chi connectivity index (χ4v) is 3.39. The molecule has 2 heterocycles. The van der Waals surface area contributed by atoms with Crippen molar-refractivity contribution in [3.05, 3.63) is 54.6 Å². The van der Waals surface area contributed by atoms with Crippen molar-refractivity contribution < 1.29 is 0 Å². The van der Waals surface area contributed by atoms with Crippen LogP contribution in [0.1, 0.15) is 12.8 Å². The van der Waals surface area contributed by atoms with Gasteiger partial charge < -0.3 is 9.88 Å². The number of hydrogen-bond acceptors (Lipinski definition) is 2. The van der Waals surface area contributed by atoms with Crippen LogP contribution in [-0.2, 0) is 6.54 Å². The highest BCUT2D eigenvalue weighted by Crippen LogP contribution is 2.27. The molecule has 3 aromatic rings. The van der Waals surface area contributed by atoms with E-state index in [1.807, 2.05) is 0 Å². The van der Waals surface area contributed by atoms with Crippen LogP contribution in [0, 0.1) is 5.92 Å². The van der Waals surface area contributed by atoms with Gasteiger partial charge in [-0.3, -0.25) is 0 Å². The monoisotopic (exact) mass is 291 g/mol. The summed E-state index contributed by atoms with van der Waals surface area (Å²) >= 11 is 0. The summed E-state index contributed by atoms with van der Waals surface area (Å²) in [5.41, 5.74) is 3.54. The highest BCUT2D eigenvalue weighted by Gasteiger charge is 2.18. The van der Waals surface area contributed by atoms with E-state index in [4.69, 9.17) is 4.98 Å². The first-order valence-corrected chi connectivity index (χ1v) is 8.13. The first-order valence-electron chi connectivity index (χ1n) is 8.13. The van der Waals surface area contributed by atoms with E-state index < -0.39 is 0 Å². The fourth-order valence-electron chi connectivity index (χ4n) is 3.39. The van der Waals surface area contributed by atoms with Crippen LogP contribution in [0.4, 0.5) is 0 Å². The van der Waals surface area contributed by atoms with Crippen molar-refractivity contribution in [2.75, 3.05) is 13.1 Å². The molecule has 1 aliphatic heterocycles. The molecular weight excluding hydrogens is 270 g/mol. The van der Waals surface area contributed by atoms with Crippen molar-refractivity contribution in [3.63, 3.8) is 0 Å². The number of aromatic nitrogens is 2. The van der Waals surface area contributed by atoms with Crippen LogP contribution in [0.25, 0.3) is 22.4 Å². The molecule has 0 amide bonds. The third-order valence-electron chi connectivity index (χ3n) is 4.59. The van der Waals surface area contributed by atoms with Gasteiger partial charge in [-0.15, -0.1) is 0 Å². The van der Waals surface area contributed by atoms with Gasteiger partial charge in [0.1, 0.15) is 5.82 Å². The van der Waals surface area contributed by atoms with Gasteiger partial charge in [-0.05, 0) is 44.0 Å². The molecule has 0 saturated carbocycles. The molecule has 0 aliphatic carbocycles. The van der Waals surface area contributed by atoms with Crippen molar-refractivity contribution in [2.45, 2.75) is 19.4 Å². The largest absolute Gasteiger partial charge is 0.324 e. The molecule has 4 rings (SSSR count). The molecule has 112 valence electrons. The van der Waals surface area contributed by atoms with Gasteiger partial charge >= 0.3 is 0 Å². The first-order chi connectivity index (χ1) is 10.9. The molecular formula is C19H21N3. The highest BCUT2D eigenvalue weighted by molar-refractivity contribution is 5.80. The second-order valence-electron chi connectivity index (χ2n) is 6.09. The lowest BCUT2D eigenvalue weighted by Gasteiger charge is -2.24. The average molecular weight is 291 g/mol. The SMILES string of the molecule is c1ccc(-c2nc3ccccc3n2CC2CCNCC2)cc1. The van der Waals surface area contributed by atoms with Gasteiger partial charge in [0.25, 0.3) is 0 Å². The van der Waals surface area contributed by atoms with Gasteiger partial charge in [-0.1, -0.05) is 42.5 Å². The minimum Gasteiger partial charge on any atom is -0.324 e. The van der Waals surface area contributed by atoms with Gasteiger partial charge in [0, 0.05) is 12.1 Å². The Bertz CT molecular complexity index is 755. The Morgan fingerprint density at radius 1 is 0.955 bits per heavy atom. The summed E-state index contributed by atoms with van der Waals surface area (Å²) < 4.78 is 2.42. The molecule has 0 radical (unpaired) electrons. The van der Waals surface area contributed by atoms with Gasteiger partial charge in [0.05, 0.1) is 11.0 Å². The highest BCUT2D eigenvalue weighted by atomic mass is 15.1. The molecule has 1 aromatic heterocycles. The van der Waals surface area contributed by atoms with Gasteiger partial charge in [-0.2, -0.15) is 0 Å². The molecule has 0 spiro atoms. The Labute approximate surface area is 131 Å². The molecule has 0 atom stereocenters. The van der Waals surface area contributed by atoms with Crippen LogP contribution in [0.2, 0.25) is 0 Å². The lowest BCUT2D eigenvalue weighted by atomic mass is 9.98. The lowest BCUT2D eigenvalue weighted by Crippen LogP contribution is -2.30. The summed E-state index contributed by atoms with van der Waals surface area (Å²) in [4.78, 5) is 4.90. The van der Waals surface area contributed by atoms with E-state index in [1.54, 1.807) is 0 Å². The first kappa shape index (κ1) is 13.5. The number of nitrogens with one attached hydrogen (secondary N) is 1. The minimum atomic E-state index is 0.737. The van der Waals surface area contributed by atoms with E-state index >= 15 is 0 Å². The third-order valence-corrected chi connectivity index (χ3v) is 4.59. The maximum absolute atomic E-state index is 4.90. The smallest absolute Gasteiger partial charge is 0.141 e. The minimum absolute atomic E-state index is 0.737.